The molecule has 1 heterocycles. The Kier molecular flexibility index (Phi) is 4.96. The van der Waals surface area contributed by atoms with Crippen molar-refractivity contribution in [1.82, 2.24) is 10.6 Å². The average molecular weight is 307 g/mol. The lowest BCUT2D eigenvalue weighted by Gasteiger charge is -2.55. The van der Waals surface area contributed by atoms with Crippen LogP contribution in [0.4, 0.5) is 0 Å². The molecule has 3 rings (SSSR count). The molecule has 0 amide bonds. The maximum atomic E-state index is 5.89. The highest BCUT2D eigenvalue weighted by molar-refractivity contribution is 5.80. The van der Waals surface area contributed by atoms with E-state index in [9.17, 15) is 0 Å². The third kappa shape index (κ3) is 3.12. The van der Waals surface area contributed by atoms with Crippen LogP contribution in [0.25, 0.3) is 0 Å². The standard InChI is InChI=1S/C18H33N3O/c1-4-19-17(20-12-13-8-6-5-7-9-13)21-15-14-10-11-22-16(14)18(15,2)3/h13-16H,4-12H2,1-3H3,(H2,19,20,21). The molecule has 1 saturated heterocycles. The Labute approximate surface area is 135 Å². The summed E-state index contributed by atoms with van der Waals surface area (Å²) < 4.78 is 5.89. The van der Waals surface area contributed by atoms with E-state index >= 15 is 0 Å². The number of rotatable bonds is 4. The van der Waals surface area contributed by atoms with Crippen LogP contribution in [-0.4, -0.2) is 37.8 Å². The van der Waals surface area contributed by atoms with E-state index in [0.717, 1.165) is 31.6 Å². The number of guanidine groups is 1. The second-order valence-electron chi connectivity index (χ2n) is 7.91. The first-order valence-electron chi connectivity index (χ1n) is 9.29. The van der Waals surface area contributed by atoms with E-state index in [1.807, 2.05) is 0 Å². The highest BCUT2D eigenvalue weighted by atomic mass is 16.5. The molecular weight excluding hydrogens is 274 g/mol. The van der Waals surface area contributed by atoms with Crippen LogP contribution in [-0.2, 0) is 4.74 Å². The number of ether oxygens (including phenoxy) is 1. The number of hydrogen-bond acceptors (Lipinski definition) is 2. The van der Waals surface area contributed by atoms with Gasteiger partial charge in [-0.05, 0) is 32.1 Å². The normalized spacial score (nSPS) is 34.9. The molecule has 0 bridgehead atoms. The largest absolute Gasteiger partial charge is 0.377 e. The first kappa shape index (κ1) is 16.1. The Morgan fingerprint density at radius 1 is 1.18 bits per heavy atom. The maximum absolute atomic E-state index is 5.89. The number of fused-ring (bicyclic) bond motifs is 1. The molecule has 3 aliphatic rings. The summed E-state index contributed by atoms with van der Waals surface area (Å²) in [5.41, 5.74) is 0.211. The quantitative estimate of drug-likeness (QED) is 0.620. The highest BCUT2D eigenvalue weighted by Crippen LogP contribution is 2.52. The number of nitrogens with zero attached hydrogens (tertiary/aromatic N) is 1. The second-order valence-corrected chi connectivity index (χ2v) is 7.91. The highest BCUT2D eigenvalue weighted by Gasteiger charge is 2.59. The average Bonchev–Trinajstić information content (AvgIpc) is 2.98. The molecule has 3 fully saturated rings. The smallest absolute Gasteiger partial charge is 0.191 e. The van der Waals surface area contributed by atoms with Crippen molar-refractivity contribution in [3.63, 3.8) is 0 Å². The zero-order chi connectivity index (χ0) is 15.6. The lowest BCUT2D eigenvalue weighted by atomic mass is 9.57. The van der Waals surface area contributed by atoms with Gasteiger partial charge >= 0.3 is 0 Å². The topological polar surface area (TPSA) is 45.7 Å². The Hall–Kier alpha value is -0.770. The van der Waals surface area contributed by atoms with Gasteiger partial charge in [0.25, 0.3) is 0 Å². The Balaban J connectivity index is 1.59. The lowest BCUT2D eigenvalue weighted by molar-refractivity contribution is -0.106. The fourth-order valence-electron chi connectivity index (χ4n) is 4.67. The lowest BCUT2D eigenvalue weighted by Crippen LogP contribution is -2.68. The summed E-state index contributed by atoms with van der Waals surface area (Å²) in [5.74, 6) is 2.46. The van der Waals surface area contributed by atoms with Crippen molar-refractivity contribution in [3.05, 3.63) is 0 Å². The third-order valence-corrected chi connectivity index (χ3v) is 5.97. The molecule has 3 unspecified atom stereocenters. The zero-order valence-corrected chi connectivity index (χ0v) is 14.5. The third-order valence-electron chi connectivity index (χ3n) is 5.97. The van der Waals surface area contributed by atoms with Crippen molar-refractivity contribution >= 4 is 5.96 Å². The molecule has 126 valence electrons. The summed E-state index contributed by atoms with van der Waals surface area (Å²) in [6.07, 6.45) is 8.53. The van der Waals surface area contributed by atoms with Gasteiger partial charge in [0.1, 0.15) is 0 Å². The Morgan fingerprint density at radius 2 is 1.95 bits per heavy atom. The van der Waals surface area contributed by atoms with Gasteiger partial charge in [-0.1, -0.05) is 33.1 Å². The molecule has 0 spiro atoms. The van der Waals surface area contributed by atoms with Gasteiger partial charge in [-0.3, -0.25) is 4.99 Å². The van der Waals surface area contributed by atoms with E-state index in [1.165, 1.54) is 38.5 Å². The van der Waals surface area contributed by atoms with E-state index < -0.39 is 0 Å². The number of hydrogen-bond donors (Lipinski definition) is 2. The molecule has 1 aliphatic heterocycles. The maximum Gasteiger partial charge on any atom is 0.191 e. The van der Waals surface area contributed by atoms with Gasteiger partial charge in [0.15, 0.2) is 5.96 Å². The van der Waals surface area contributed by atoms with Crippen LogP contribution < -0.4 is 10.6 Å². The molecule has 2 aliphatic carbocycles. The fourth-order valence-corrected chi connectivity index (χ4v) is 4.67. The van der Waals surface area contributed by atoms with Crippen LogP contribution >= 0.6 is 0 Å². The minimum atomic E-state index is 0.211. The molecule has 0 radical (unpaired) electrons. The molecule has 3 atom stereocenters. The van der Waals surface area contributed by atoms with Crippen molar-refractivity contribution in [1.29, 1.82) is 0 Å². The first-order chi connectivity index (χ1) is 10.6. The van der Waals surface area contributed by atoms with Gasteiger partial charge in [0, 0.05) is 37.1 Å². The van der Waals surface area contributed by atoms with E-state index in [2.05, 4.69) is 31.4 Å². The van der Waals surface area contributed by atoms with Crippen LogP contribution in [0.15, 0.2) is 4.99 Å². The van der Waals surface area contributed by atoms with Gasteiger partial charge in [0.2, 0.25) is 0 Å². The van der Waals surface area contributed by atoms with Crippen molar-refractivity contribution in [2.75, 3.05) is 19.7 Å². The van der Waals surface area contributed by atoms with Gasteiger partial charge in [0.05, 0.1) is 6.10 Å². The minimum absolute atomic E-state index is 0.211. The van der Waals surface area contributed by atoms with Crippen LogP contribution in [0.3, 0.4) is 0 Å². The van der Waals surface area contributed by atoms with Crippen LogP contribution in [0.5, 0.6) is 0 Å². The van der Waals surface area contributed by atoms with Crippen molar-refractivity contribution < 1.29 is 4.74 Å². The van der Waals surface area contributed by atoms with Crippen LogP contribution in [0, 0.1) is 17.3 Å². The summed E-state index contributed by atoms with van der Waals surface area (Å²) >= 11 is 0. The van der Waals surface area contributed by atoms with E-state index in [1.54, 1.807) is 0 Å². The monoisotopic (exact) mass is 307 g/mol. The van der Waals surface area contributed by atoms with Crippen molar-refractivity contribution in [2.45, 2.75) is 71.4 Å². The van der Waals surface area contributed by atoms with Gasteiger partial charge in [-0.25, -0.2) is 0 Å². The minimum Gasteiger partial charge on any atom is -0.377 e. The molecule has 0 aromatic rings. The van der Waals surface area contributed by atoms with Crippen LogP contribution in [0.2, 0.25) is 0 Å². The van der Waals surface area contributed by atoms with Crippen molar-refractivity contribution in [3.8, 4) is 0 Å². The molecule has 4 nitrogen and oxygen atoms in total. The summed E-state index contributed by atoms with van der Waals surface area (Å²) in [4.78, 5) is 4.89. The second kappa shape index (κ2) is 6.77. The van der Waals surface area contributed by atoms with Crippen molar-refractivity contribution in [2.24, 2.45) is 22.2 Å². The van der Waals surface area contributed by atoms with Gasteiger partial charge < -0.3 is 15.4 Å². The summed E-state index contributed by atoms with van der Waals surface area (Å²) in [5, 5.41) is 7.15. The summed E-state index contributed by atoms with van der Waals surface area (Å²) in [6, 6.07) is 0.490. The fraction of sp³-hybridized carbons (Fsp3) is 0.944. The van der Waals surface area contributed by atoms with E-state index in [4.69, 9.17) is 9.73 Å². The molecule has 2 saturated carbocycles. The zero-order valence-electron chi connectivity index (χ0n) is 14.5. The molecule has 0 aromatic carbocycles. The Morgan fingerprint density at radius 3 is 2.68 bits per heavy atom. The molecule has 0 aromatic heterocycles. The molecule has 4 heteroatoms. The predicted octanol–water partition coefficient (Wildman–Crippen LogP) is 2.94. The Bertz CT molecular complexity index is 401. The van der Waals surface area contributed by atoms with E-state index in [0.29, 0.717) is 18.1 Å². The molecule has 2 N–H and O–H groups in total. The SMILES string of the molecule is CCNC(=NCC1CCCCC1)NC1C2CCOC2C1(C)C. The van der Waals surface area contributed by atoms with E-state index in [-0.39, 0.29) is 5.41 Å². The van der Waals surface area contributed by atoms with Crippen LogP contribution in [0.1, 0.15) is 59.3 Å². The first-order valence-corrected chi connectivity index (χ1v) is 9.29. The number of nitrogens with one attached hydrogen (secondary N) is 2. The summed E-state index contributed by atoms with van der Waals surface area (Å²) in [7, 11) is 0. The predicted molar refractivity (Wildman–Crippen MR) is 91.1 cm³/mol. The number of aliphatic imine (C=N–C) groups is 1. The van der Waals surface area contributed by atoms with Gasteiger partial charge in [-0.15, -0.1) is 0 Å². The molecular formula is C18H33N3O. The molecule has 22 heavy (non-hydrogen) atoms. The summed E-state index contributed by atoms with van der Waals surface area (Å²) in [6.45, 7) is 9.61. The van der Waals surface area contributed by atoms with Gasteiger partial charge in [-0.2, -0.15) is 0 Å².